The molecule has 3 aromatic rings. The van der Waals surface area contributed by atoms with Gasteiger partial charge < -0.3 is 9.67 Å². The average molecular weight is 299 g/mol. The number of rotatable bonds is 3. The third kappa shape index (κ3) is 2.10. The Kier molecular flexibility index (Phi) is 3.13. The number of para-hydroxylation sites is 2. The molecule has 112 valence electrons. The van der Waals surface area contributed by atoms with Gasteiger partial charge in [-0.05, 0) is 12.1 Å². The number of carbonyl (C=O) groups excluding carboxylic acids is 1. The molecule has 1 aromatic carbocycles. The van der Waals surface area contributed by atoms with Gasteiger partial charge in [0.1, 0.15) is 0 Å². The molecule has 0 saturated carbocycles. The number of aromatic nitrogens is 4. The van der Waals surface area contributed by atoms with E-state index in [9.17, 15) is 9.59 Å². The van der Waals surface area contributed by atoms with E-state index in [0.29, 0.717) is 5.95 Å². The van der Waals surface area contributed by atoms with Crippen LogP contribution in [0.5, 0.6) is 0 Å². The van der Waals surface area contributed by atoms with Crippen molar-refractivity contribution in [2.24, 2.45) is 14.1 Å². The van der Waals surface area contributed by atoms with Gasteiger partial charge in [0.2, 0.25) is 5.95 Å². The van der Waals surface area contributed by atoms with Crippen molar-refractivity contribution in [2.45, 2.75) is 0 Å². The lowest BCUT2D eigenvalue weighted by molar-refractivity contribution is 0.0680. The quantitative estimate of drug-likeness (QED) is 0.758. The monoisotopic (exact) mass is 299 g/mol. The zero-order valence-corrected chi connectivity index (χ0v) is 11.9. The Balaban J connectivity index is 1.97. The number of imidazole rings is 1. The van der Waals surface area contributed by atoms with Gasteiger partial charge in [-0.1, -0.05) is 12.1 Å². The second-order valence-electron chi connectivity index (χ2n) is 4.77. The molecular formula is C14H13N5O3. The van der Waals surface area contributed by atoms with Crippen LogP contribution in [0.3, 0.4) is 0 Å². The molecule has 2 aromatic heterocycles. The molecule has 0 radical (unpaired) electrons. The molecule has 3 rings (SSSR count). The predicted molar refractivity (Wildman–Crippen MR) is 78.8 cm³/mol. The molecular weight excluding hydrogens is 286 g/mol. The third-order valence-electron chi connectivity index (χ3n) is 3.40. The standard InChI is InChI=1S/C14H13N5O3/c1-18-10-6-4-3-5-9(10)16-14(18)17-12(20)8-7-15-19(2)11(8)13(21)22/h3-7H,1-2H3,(H,21,22)(H,16,17,20). The SMILES string of the molecule is Cn1ncc(C(=O)Nc2nc3ccccc3n2C)c1C(=O)O. The van der Waals surface area contributed by atoms with Crippen LogP contribution in [0.1, 0.15) is 20.8 Å². The summed E-state index contributed by atoms with van der Waals surface area (Å²) in [6.07, 6.45) is 1.22. The summed E-state index contributed by atoms with van der Waals surface area (Å²) in [5.74, 6) is -1.44. The lowest BCUT2D eigenvalue weighted by Crippen LogP contribution is -2.18. The van der Waals surface area contributed by atoms with Gasteiger partial charge >= 0.3 is 5.97 Å². The van der Waals surface area contributed by atoms with Crippen molar-refractivity contribution in [1.29, 1.82) is 0 Å². The number of amides is 1. The molecule has 8 nitrogen and oxygen atoms in total. The number of fused-ring (bicyclic) bond motifs is 1. The van der Waals surface area contributed by atoms with Crippen LogP contribution in [0.25, 0.3) is 11.0 Å². The lowest BCUT2D eigenvalue weighted by atomic mass is 10.2. The minimum Gasteiger partial charge on any atom is -0.477 e. The molecule has 0 aliphatic carbocycles. The van der Waals surface area contributed by atoms with Crippen LogP contribution in [0.15, 0.2) is 30.5 Å². The van der Waals surface area contributed by atoms with E-state index in [1.165, 1.54) is 13.2 Å². The highest BCUT2D eigenvalue weighted by atomic mass is 16.4. The highest BCUT2D eigenvalue weighted by Crippen LogP contribution is 2.18. The van der Waals surface area contributed by atoms with Gasteiger partial charge in [0.15, 0.2) is 5.69 Å². The Hall–Kier alpha value is -3.16. The van der Waals surface area contributed by atoms with Crippen LogP contribution in [-0.2, 0) is 14.1 Å². The van der Waals surface area contributed by atoms with Crippen molar-refractivity contribution in [2.75, 3.05) is 5.32 Å². The van der Waals surface area contributed by atoms with Crippen molar-refractivity contribution in [3.8, 4) is 0 Å². The molecule has 0 saturated heterocycles. The zero-order chi connectivity index (χ0) is 15.9. The summed E-state index contributed by atoms with van der Waals surface area (Å²) in [5, 5.41) is 15.6. The number of carboxylic acid groups (broad SMARTS) is 1. The van der Waals surface area contributed by atoms with Crippen LogP contribution in [0, 0.1) is 0 Å². The summed E-state index contributed by atoms with van der Waals surface area (Å²) in [7, 11) is 3.24. The molecule has 0 fully saturated rings. The first-order valence-electron chi connectivity index (χ1n) is 6.47. The highest BCUT2D eigenvalue weighted by Gasteiger charge is 2.22. The van der Waals surface area contributed by atoms with E-state index in [4.69, 9.17) is 5.11 Å². The van der Waals surface area contributed by atoms with Gasteiger partial charge in [-0.25, -0.2) is 9.78 Å². The van der Waals surface area contributed by atoms with E-state index in [1.807, 2.05) is 24.3 Å². The number of anilines is 1. The fourth-order valence-corrected chi connectivity index (χ4v) is 2.28. The van der Waals surface area contributed by atoms with Gasteiger partial charge in [-0.3, -0.25) is 14.8 Å². The van der Waals surface area contributed by atoms with Gasteiger partial charge in [-0.2, -0.15) is 5.10 Å². The van der Waals surface area contributed by atoms with Crippen LogP contribution in [0.2, 0.25) is 0 Å². The lowest BCUT2D eigenvalue weighted by Gasteiger charge is -2.05. The number of hydrogen-bond donors (Lipinski definition) is 2. The molecule has 1 amide bonds. The van der Waals surface area contributed by atoms with Crippen molar-refractivity contribution in [3.05, 3.63) is 41.7 Å². The zero-order valence-electron chi connectivity index (χ0n) is 11.9. The smallest absolute Gasteiger partial charge is 0.354 e. The van der Waals surface area contributed by atoms with Gasteiger partial charge in [0, 0.05) is 14.1 Å². The van der Waals surface area contributed by atoms with Crippen molar-refractivity contribution < 1.29 is 14.7 Å². The van der Waals surface area contributed by atoms with Crippen LogP contribution >= 0.6 is 0 Å². The van der Waals surface area contributed by atoms with Gasteiger partial charge in [-0.15, -0.1) is 0 Å². The number of hydrogen-bond acceptors (Lipinski definition) is 4. The number of aromatic carboxylic acids is 1. The highest BCUT2D eigenvalue weighted by molar-refractivity contribution is 6.09. The van der Waals surface area contributed by atoms with Crippen LogP contribution in [-0.4, -0.2) is 36.3 Å². The Bertz CT molecular complexity index is 893. The second kappa shape index (κ2) is 4.99. The maximum Gasteiger partial charge on any atom is 0.354 e. The fraction of sp³-hybridized carbons (Fsp3) is 0.143. The number of nitrogens with zero attached hydrogens (tertiary/aromatic N) is 4. The van der Waals surface area contributed by atoms with E-state index >= 15 is 0 Å². The summed E-state index contributed by atoms with van der Waals surface area (Å²) in [6.45, 7) is 0. The van der Waals surface area contributed by atoms with E-state index < -0.39 is 11.9 Å². The van der Waals surface area contributed by atoms with Crippen molar-refractivity contribution in [3.63, 3.8) is 0 Å². The molecule has 0 unspecified atom stereocenters. The number of aryl methyl sites for hydroxylation is 2. The minimum atomic E-state index is -1.21. The first kappa shape index (κ1) is 13.8. The Morgan fingerprint density at radius 2 is 1.95 bits per heavy atom. The Morgan fingerprint density at radius 1 is 1.23 bits per heavy atom. The summed E-state index contributed by atoms with van der Waals surface area (Å²) in [6, 6.07) is 7.44. The topological polar surface area (TPSA) is 102 Å². The molecule has 0 aliphatic rings. The molecule has 2 N–H and O–H groups in total. The van der Waals surface area contributed by atoms with Crippen LogP contribution in [0.4, 0.5) is 5.95 Å². The molecule has 2 heterocycles. The van der Waals surface area contributed by atoms with Gasteiger partial charge in [0.05, 0.1) is 22.8 Å². The summed E-state index contributed by atoms with van der Waals surface area (Å²) in [4.78, 5) is 27.8. The van der Waals surface area contributed by atoms with Crippen molar-refractivity contribution in [1.82, 2.24) is 19.3 Å². The van der Waals surface area contributed by atoms with E-state index in [-0.39, 0.29) is 11.3 Å². The van der Waals surface area contributed by atoms with E-state index in [2.05, 4.69) is 15.4 Å². The molecule has 0 atom stereocenters. The predicted octanol–water partition coefficient (Wildman–Crippen LogP) is 1.26. The van der Waals surface area contributed by atoms with E-state index in [0.717, 1.165) is 15.7 Å². The minimum absolute atomic E-state index is 0.0120. The first-order chi connectivity index (χ1) is 10.5. The summed E-state index contributed by atoms with van der Waals surface area (Å²) >= 11 is 0. The van der Waals surface area contributed by atoms with Crippen LogP contribution < -0.4 is 5.32 Å². The average Bonchev–Trinajstić information content (AvgIpc) is 3.01. The first-order valence-corrected chi connectivity index (χ1v) is 6.47. The van der Waals surface area contributed by atoms with Gasteiger partial charge in [0.25, 0.3) is 5.91 Å². The maximum atomic E-state index is 12.3. The maximum absolute atomic E-state index is 12.3. The van der Waals surface area contributed by atoms with Crippen molar-refractivity contribution >= 4 is 28.9 Å². The molecule has 0 bridgehead atoms. The Morgan fingerprint density at radius 3 is 2.64 bits per heavy atom. The molecule has 0 aliphatic heterocycles. The molecule has 22 heavy (non-hydrogen) atoms. The molecule has 8 heteroatoms. The fourth-order valence-electron chi connectivity index (χ4n) is 2.28. The summed E-state index contributed by atoms with van der Waals surface area (Å²) in [5.41, 5.74) is 1.42. The number of nitrogens with one attached hydrogen (secondary N) is 1. The molecule has 0 spiro atoms. The van der Waals surface area contributed by atoms with E-state index in [1.54, 1.807) is 11.6 Å². The Labute approximate surface area is 125 Å². The number of carboxylic acids is 1. The largest absolute Gasteiger partial charge is 0.477 e. The number of benzene rings is 1. The normalized spacial score (nSPS) is 10.8. The summed E-state index contributed by atoms with van der Waals surface area (Å²) < 4.78 is 2.87. The number of carbonyl (C=O) groups is 2. The third-order valence-corrected chi connectivity index (χ3v) is 3.40. The second-order valence-corrected chi connectivity index (χ2v) is 4.77.